The van der Waals surface area contributed by atoms with Crippen molar-refractivity contribution in [3.63, 3.8) is 0 Å². The van der Waals surface area contributed by atoms with Gasteiger partial charge in [-0.1, -0.05) is 12.1 Å². The highest BCUT2D eigenvalue weighted by molar-refractivity contribution is 9.10. The molecule has 0 aliphatic heterocycles. The van der Waals surface area contributed by atoms with Crippen LogP contribution in [0.15, 0.2) is 28.7 Å². The van der Waals surface area contributed by atoms with Gasteiger partial charge >= 0.3 is 0 Å². The molecule has 0 spiro atoms. The summed E-state index contributed by atoms with van der Waals surface area (Å²) in [7, 11) is 1.53. The molecule has 0 saturated heterocycles. The molecule has 2 rings (SSSR count). The summed E-state index contributed by atoms with van der Waals surface area (Å²) in [6.07, 6.45) is 0. The monoisotopic (exact) mass is 296 g/mol. The molecule has 17 heavy (non-hydrogen) atoms. The zero-order valence-corrected chi connectivity index (χ0v) is 11.0. The van der Waals surface area contributed by atoms with E-state index in [1.807, 2.05) is 0 Å². The van der Waals surface area contributed by atoms with Gasteiger partial charge in [-0.25, -0.2) is 9.37 Å². The summed E-state index contributed by atoms with van der Waals surface area (Å²) in [4.78, 5) is 8.41. The Hall–Kier alpha value is -1.49. The van der Waals surface area contributed by atoms with E-state index in [4.69, 9.17) is 4.74 Å². The van der Waals surface area contributed by atoms with Crippen LogP contribution in [0.2, 0.25) is 0 Å². The number of benzene rings is 1. The van der Waals surface area contributed by atoms with Gasteiger partial charge < -0.3 is 4.74 Å². The minimum absolute atomic E-state index is 0.301. The SMILES string of the molecule is COc1nc(C)nc(-c2cccc(F)c2)c1Br. The Kier molecular flexibility index (Phi) is 3.38. The third-order valence-corrected chi connectivity index (χ3v) is 2.94. The van der Waals surface area contributed by atoms with Crippen LogP contribution in [0.3, 0.4) is 0 Å². The van der Waals surface area contributed by atoms with Crippen molar-refractivity contribution in [2.24, 2.45) is 0 Å². The lowest BCUT2D eigenvalue weighted by atomic mass is 10.1. The van der Waals surface area contributed by atoms with E-state index < -0.39 is 0 Å². The molecule has 88 valence electrons. The lowest BCUT2D eigenvalue weighted by Crippen LogP contribution is -1.98. The number of ether oxygens (including phenoxy) is 1. The van der Waals surface area contributed by atoms with Crippen molar-refractivity contribution in [3.05, 3.63) is 40.4 Å². The number of hydrogen-bond donors (Lipinski definition) is 0. The molecule has 0 unspecified atom stereocenters. The van der Waals surface area contributed by atoms with Crippen LogP contribution >= 0.6 is 15.9 Å². The summed E-state index contributed by atoms with van der Waals surface area (Å²) < 4.78 is 18.9. The molecule has 0 N–H and O–H groups in total. The maximum absolute atomic E-state index is 13.2. The molecule has 0 fully saturated rings. The van der Waals surface area contributed by atoms with E-state index in [0.29, 0.717) is 27.4 Å². The van der Waals surface area contributed by atoms with Gasteiger partial charge in [0.05, 0.1) is 12.8 Å². The van der Waals surface area contributed by atoms with Crippen molar-refractivity contribution in [2.45, 2.75) is 6.92 Å². The fourth-order valence-electron chi connectivity index (χ4n) is 1.50. The molecule has 0 aliphatic rings. The van der Waals surface area contributed by atoms with E-state index in [-0.39, 0.29) is 5.82 Å². The van der Waals surface area contributed by atoms with Crippen LogP contribution in [0.4, 0.5) is 4.39 Å². The highest BCUT2D eigenvalue weighted by Crippen LogP contribution is 2.32. The minimum atomic E-state index is -0.301. The van der Waals surface area contributed by atoms with Crippen LogP contribution < -0.4 is 4.74 Å². The Morgan fingerprint density at radius 2 is 2.06 bits per heavy atom. The number of nitrogens with zero attached hydrogens (tertiary/aromatic N) is 2. The van der Waals surface area contributed by atoms with Crippen molar-refractivity contribution >= 4 is 15.9 Å². The third-order valence-electron chi connectivity index (χ3n) is 2.22. The van der Waals surface area contributed by atoms with Gasteiger partial charge in [-0.2, -0.15) is 4.98 Å². The lowest BCUT2D eigenvalue weighted by Gasteiger charge is -2.08. The average Bonchev–Trinajstić information content (AvgIpc) is 2.31. The maximum Gasteiger partial charge on any atom is 0.231 e. The summed E-state index contributed by atoms with van der Waals surface area (Å²) in [5.74, 6) is 0.714. The first-order valence-corrected chi connectivity index (χ1v) is 5.75. The van der Waals surface area contributed by atoms with Gasteiger partial charge in [-0.05, 0) is 35.0 Å². The zero-order valence-electron chi connectivity index (χ0n) is 9.37. The number of rotatable bonds is 2. The highest BCUT2D eigenvalue weighted by Gasteiger charge is 2.13. The van der Waals surface area contributed by atoms with Crippen LogP contribution in [0.25, 0.3) is 11.3 Å². The smallest absolute Gasteiger partial charge is 0.231 e. The molecule has 0 aliphatic carbocycles. The molecular formula is C12H10BrFN2O. The first-order chi connectivity index (χ1) is 8.11. The number of methoxy groups -OCH3 is 1. The molecule has 0 atom stereocenters. The molecule has 0 amide bonds. The fourth-order valence-corrected chi connectivity index (χ4v) is 2.06. The van der Waals surface area contributed by atoms with Gasteiger partial charge in [0.15, 0.2) is 0 Å². The normalized spacial score (nSPS) is 10.4. The van der Waals surface area contributed by atoms with Crippen molar-refractivity contribution < 1.29 is 9.13 Å². The standard InChI is InChI=1S/C12H10BrFN2O/c1-7-15-11(10(13)12(16-7)17-2)8-4-3-5-9(14)6-8/h3-6H,1-2H3. The topological polar surface area (TPSA) is 35.0 Å². The quantitative estimate of drug-likeness (QED) is 0.852. The van der Waals surface area contributed by atoms with E-state index in [0.717, 1.165) is 0 Å². The second kappa shape index (κ2) is 4.79. The Bertz CT molecular complexity index is 560. The van der Waals surface area contributed by atoms with Crippen molar-refractivity contribution in [2.75, 3.05) is 7.11 Å². The molecule has 2 aromatic rings. The van der Waals surface area contributed by atoms with Crippen LogP contribution in [0, 0.1) is 12.7 Å². The van der Waals surface area contributed by atoms with Gasteiger partial charge in [-0.3, -0.25) is 0 Å². The third kappa shape index (κ3) is 2.44. The summed E-state index contributed by atoms with van der Waals surface area (Å²) in [5, 5.41) is 0. The van der Waals surface area contributed by atoms with Gasteiger partial charge in [-0.15, -0.1) is 0 Å². The predicted octanol–water partition coefficient (Wildman–Crippen LogP) is 3.36. The summed E-state index contributed by atoms with van der Waals surface area (Å²) in [6.45, 7) is 1.76. The second-order valence-electron chi connectivity index (χ2n) is 3.45. The molecule has 5 heteroatoms. The second-order valence-corrected chi connectivity index (χ2v) is 4.25. The van der Waals surface area contributed by atoms with Gasteiger partial charge in [0.25, 0.3) is 0 Å². The summed E-state index contributed by atoms with van der Waals surface area (Å²) >= 11 is 3.36. The van der Waals surface area contributed by atoms with Gasteiger partial charge in [0.1, 0.15) is 16.1 Å². The molecule has 3 nitrogen and oxygen atoms in total. The Labute approximate surface area is 107 Å². The largest absolute Gasteiger partial charge is 0.480 e. The number of halogens is 2. The summed E-state index contributed by atoms with van der Waals surface area (Å²) in [5.41, 5.74) is 1.30. The van der Waals surface area contributed by atoms with Crippen LogP contribution in [-0.2, 0) is 0 Å². The predicted molar refractivity (Wildman–Crippen MR) is 66.4 cm³/mol. The van der Waals surface area contributed by atoms with Crippen LogP contribution in [0.5, 0.6) is 5.88 Å². The average molecular weight is 297 g/mol. The number of aromatic nitrogens is 2. The first-order valence-electron chi connectivity index (χ1n) is 4.96. The van der Waals surface area contributed by atoms with E-state index in [2.05, 4.69) is 25.9 Å². The molecule has 0 bridgehead atoms. The van der Waals surface area contributed by atoms with Crippen molar-refractivity contribution in [3.8, 4) is 17.1 Å². The van der Waals surface area contributed by atoms with E-state index in [1.54, 1.807) is 19.1 Å². The zero-order chi connectivity index (χ0) is 12.4. The van der Waals surface area contributed by atoms with E-state index >= 15 is 0 Å². The molecule has 0 radical (unpaired) electrons. The molecular weight excluding hydrogens is 287 g/mol. The van der Waals surface area contributed by atoms with E-state index in [9.17, 15) is 4.39 Å². The molecule has 1 heterocycles. The Morgan fingerprint density at radius 3 is 2.71 bits per heavy atom. The van der Waals surface area contributed by atoms with Crippen molar-refractivity contribution in [1.82, 2.24) is 9.97 Å². The van der Waals surface area contributed by atoms with Gasteiger partial charge in [0.2, 0.25) is 5.88 Å². The van der Waals surface area contributed by atoms with Crippen LogP contribution in [0.1, 0.15) is 5.82 Å². The maximum atomic E-state index is 13.2. The molecule has 0 saturated carbocycles. The Balaban J connectivity index is 2.63. The first kappa shape index (κ1) is 12.0. The van der Waals surface area contributed by atoms with Crippen molar-refractivity contribution in [1.29, 1.82) is 0 Å². The Morgan fingerprint density at radius 1 is 1.29 bits per heavy atom. The molecule has 1 aromatic carbocycles. The van der Waals surface area contributed by atoms with Gasteiger partial charge in [0, 0.05) is 5.56 Å². The number of hydrogen-bond acceptors (Lipinski definition) is 3. The highest BCUT2D eigenvalue weighted by atomic mass is 79.9. The number of aryl methyl sites for hydroxylation is 1. The summed E-state index contributed by atoms with van der Waals surface area (Å²) in [6, 6.07) is 6.24. The molecule has 1 aromatic heterocycles. The lowest BCUT2D eigenvalue weighted by molar-refractivity contribution is 0.393. The fraction of sp³-hybridized carbons (Fsp3) is 0.167. The minimum Gasteiger partial charge on any atom is -0.480 e. The van der Waals surface area contributed by atoms with E-state index in [1.165, 1.54) is 19.2 Å². The van der Waals surface area contributed by atoms with Crippen LogP contribution in [-0.4, -0.2) is 17.1 Å².